The van der Waals surface area contributed by atoms with Crippen LogP contribution >= 0.6 is 0 Å². The standard InChI is InChI=1S/C12H13N.C10H7NO2/c1-8-7-12-11(5-4-6-13-12)10(3)9(8)2;12-10(13)9-6-5-7-3-1-2-4-8(7)11-9/h4-7H,1-3H3;1-6H,(H,12,13). The number of hydrogen-bond acceptors (Lipinski definition) is 3. The van der Waals surface area contributed by atoms with Crippen molar-refractivity contribution in [2.75, 3.05) is 0 Å². The molecule has 2 aromatic heterocycles. The van der Waals surface area contributed by atoms with E-state index in [9.17, 15) is 4.79 Å². The highest BCUT2D eigenvalue weighted by Gasteiger charge is 2.04. The molecule has 0 aliphatic heterocycles. The van der Waals surface area contributed by atoms with Crippen LogP contribution in [0.3, 0.4) is 0 Å². The topological polar surface area (TPSA) is 63.1 Å². The maximum atomic E-state index is 10.6. The van der Waals surface area contributed by atoms with Gasteiger partial charge >= 0.3 is 5.97 Å². The van der Waals surface area contributed by atoms with E-state index in [1.54, 1.807) is 12.1 Å². The van der Waals surface area contributed by atoms with Gasteiger partial charge in [0.15, 0.2) is 0 Å². The summed E-state index contributed by atoms with van der Waals surface area (Å²) in [5.41, 5.74) is 5.94. The molecule has 0 spiro atoms. The fourth-order valence-electron chi connectivity index (χ4n) is 2.85. The Hall–Kier alpha value is -3.27. The Bertz CT molecular complexity index is 1100. The predicted octanol–water partition coefficient (Wildman–Crippen LogP) is 5.09. The minimum absolute atomic E-state index is 0.0821. The number of carboxylic acid groups (broad SMARTS) is 1. The largest absolute Gasteiger partial charge is 0.477 e. The van der Waals surface area contributed by atoms with Crippen molar-refractivity contribution in [3.63, 3.8) is 0 Å². The first kappa shape index (κ1) is 17.5. The molecule has 2 heterocycles. The molecule has 0 amide bonds. The van der Waals surface area contributed by atoms with Gasteiger partial charge in [0.2, 0.25) is 0 Å². The maximum Gasteiger partial charge on any atom is 0.354 e. The van der Waals surface area contributed by atoms with Gasteiger partial charge in [-0.15, -0.1) is 0 Å². The summed E-state index contributed by atoms with van der Waals surface area (Å²) in [6, 6.07) is 16.9. The molecule has 1 N–H and O–H groups in total. The van der Waals surface area contributed by atoms with Crippen molar-refractivity contribution in [3.05, 3.63) is 83.2 Å². The maximum absolute atomic E-state index is 10.6. The molecule has 4 rings (SSSR count). The van der Waals surface area contributed by atoms with Gasteiger partial charge in [0.05, 0.1) is 11.0 Å². The molecule has 26 heavy (non-hydrogen) atoms. The normalized spacial score (nSPS) is 10.4. The number of benzene rings is 2. The summed E-state index contributed by atoms with van der Waals surface area (Å²) in [7, 11) is 0. The lowest BCUT2D eigenvalue weighted by Crippen LogP contribution is -1.99. The molecular weight excluding hydrogens is 324 g/mol. The van der Waals surface area contributed by atoms with Gasteiger partial charge in [0, 0.05) is 17.0 Å². The van der Waals surface area contributed by atoms with Crippen molar-refractivity contribution in [2.24, 2.45) is 0 Å². The molecular formula is C22H20N2O2. The molecule has 4 aromatic rings. The summed E-state index contributed by atoms with van der Waals surface area (Å²) in [5.74, 6) is -0.995. The minimum Gasteiger partial charge on any atom is -0.477 e. The highest BCUT2D eigenvalue weighted by atomic mass is 16.4. The SMILES string of the molecule is Cc1cc2ncccc2c(C)c1C.O=C(O)c1ccc2ccccc2n1. The van der Waals surface area contributed by atoms with Crippen LogP contribution in [-0.2, 0) is 0 Å². The van der Waals surface area contributed by atoms with Gasteiger partial charge in [-0.2, -0.15) is 0 Å². The van der Waals surface area contributed by atoms with E-state index < -0.39 is 5.97 Å². The monoisotopic (exact) mass is 344 g/mol. The van der Waals surface area contributed by atoms with Crippen LogP contribution < -0.4 is 0 Å². The zero-order valence-electron chi connectivity index (χ0n) is 15.0. The molecule has 0 aliphatic rings. The average molecular weight is 344 g/mol. The van der Waals surface area contributed by atoms with Gasteiger partial charge < -0.3 is 5.11 Å². The van der Waals surface area contributed by atoms with Crippen molar-refractivity contribution < 1.29 is 9.90 Å². The first-order valence-corrected chi connectivity index (χ1v) is 8.38. The van der Waals surface area contributed by atoms with Crippen molar-refractivity contribution in [1.29, 1.82) is 0 Å². The predicted molar refractivity (Wildman–Crippen MR) is 105 cm³/mol. The first-order chi connectivity index (χ1) is 12.5. The van der Waals surface area contributed by atoms with Gasteiger partial charge in [0.25, 0.3) is 0 Å². The molecule has 2 aromatic carbocycles. The van der Waals surface area contributed by atoms with Gasteiger partial charge in [-0.1, -0.05) is 30.3 Å². The third-order valence-electron chi connectivity index (χ3n) is 4.57. The second kappa shape index (κ2) is 7.31. The fourth-order valence-corrected chi connectivity index (χ4v) is 2.85. The second-order valence-corrected chi connectivity index (χ2v) is 6.21. The van der Waals surface area contributed by atoms with E-state index in [-0.39, 0.29) is 5.69 Å². The molecule has 0 saturated carbocycles. The summed E-state index contributed by atoms with van der Waals surface area (Å²) in [6.45, 7) is 6.46. The third-order valence-corrected chi connectivity index (χ3v) is 4.57. The van der Waals surface area contributed by atoms with Gasteiger partial charge in [-0.05, 0) is 61.7 Å². The molecule has 4 nitrogen and oxygen atoms in total. The number of nitrogens with zero attached hydrogens (tertiary/aromatic N) is 2. The van der Waals surface area contributed by atoms with Gasteiger partial charge in [-0.25, -0.2) is 9.78 Å². The van der Waals surface area contributed by atoms with Crippen LogP contribution in [0.25, 0.3) is 21.8 Å². The molecule has 0 atom stereocenters. The van der Waals surface area contributed by atoms with Crippen molar-refractivity contribution in [3.8, 4) is 0 Å². The summed E-state index contributed by atoms with van der Waals surface area (Å²) in [4.78, 5) is 18.9. The number of para-hydroxylation sites is 1. The quantitative estimate of drug-likeness (QED) is 0.522. The van der Waals surface area contributed by atoms with E-state index in [1.807, 2.05) is 30.5 Å². The highest BCUT2D eigenvalue weighted by molar-refractivity contribution is 5.89. The molecule has 0 radical (unpaired) electrons. The number of rotatable bonds is 1. The van der Waals surface area contributed by atoms with Crippen LogP contribution in [-0.4, -0.2) is 21.0 Å². The van der Waals surface area contributed by atoms with Crippen LogP contribution in [0.15, 0.2) is 60.8 Å². The van der Waals surface area contributed by atoms with E-state index >= 15 is 0 Å². The summed E-state index contributed by atoms with van der Waals surface area (Å²) in [6.07, 6.45) is 1.84. The molecule has 0 saturated heterocycles. The van der Waals surface area contributed by atoms with Gasteiger partial charge in [0.1, 0.15) is 5.69 Å². The van der Waals surface area contributed by atoms with Crippen LogP contribution in [0, 0.1) is 20.8 Å². The Labute approximate surface area is 152 Å². The van der Waals surface area contributed by atoms with Crippen LogP contribution in [0.2, 0.25) is 0 Å². The summed E-state index contributed by atoms with van der Waals surface area (Å²) < 4.78 is 0. The number of pyridine rings is 2. The zero-order chi connectivity index (χ0) is 18.7. The number of aromatic carboxylic acids is 1. The van der Waals surface area contributed by atoms with Crippen LogP contribution in [0.1, 0.15) is 27.2 Å². The van der Waals surface area contributed by atoms with Crippen molar-refractivity contribution in [1.82, 2.24) is 9.97 Å². The Morgan fingerprint density at radius 1 is 0.885 bits per heavy atom. The van der Waals surface area contributed by atoms with Crippen molar-refractivity contribution >= 4 is 27.8 Å². The van der Waals surface area contributed by atoms with E-state index in [4.69, 9.17) is 5.11 Å². The average Bonchev–Trinajstić information content (AvgIpc) is 2.66. The number of hydrogen-bond donors (Lipinski definition) is 1. The lowest BCUT2D eigenvalue weighted by Gasteiger charge is -2.07. The minimum atomic E-state index is -0.995. The zero-order valence-corrected chi connectivity index (χ0v) is 15.0. The van der Waals surface area contributed by atoms with Crippen LogP contribution in [0.5, 0.6) is 0 Å². The summed E-state index contributed by atoms with van der Waals surface area (Å²) in [5, 5.41) is 10.9. The summed E-state index contributed by atoms with van der Waals surface area (Å²) >= 11 is 0. The lowest BCUT2D eigenvalue weighted by molar-refractivity contribution is 0.0691. The van der Waals surface area contributed by atoms with Gasteiger partial charge in [-0.3, -0.25) is 4.98 Å². The Morgan fingerprint density at radius 2 is 1.65 bits per heavy atom. The van der Waals surface area contributed by atoms with Crippen molar-refractivity contribution in [2.45, 2.75) is 20.8 Å². The van der Waals surface area contributed by atoms with E-state index in [0.717, 1.165) is 10.9 Å². The number of carbonyl (C=O) groups is 1. The number of carboxylic acids is 1. The molecule has 0 aliphatic carbocycles. The Kier molecular flexibility index (Phi) is 4.94. The Morgan fingerprint density at radius 3 is 2.42 bits per heavy atom. The molecule has 0 fully saturated rings. The van der Waals surface area contributed by atoms with Crippen LogP contribution in [0.4, 0.5) is 0 Å². The smallest absolute Gasteiger partial charge is 0.354 e. The number of aryl methyl sites for hydroxylation is 2. The second-order valence-electron chi connectivity index (χ2n) is 6.21. The number of fused-ring (bicyclic) bond motifs is 2. The van der Waals surface area contributed by atoms with E-state index in [1.165, 1.54) is 28.1 Å². The Balaban J connectivity index is 0.000000151. The van der Waals surface area contributed by atoms with E-state index in [0.29, 0.717) is 5.52 Å². The van der Waals surface area contributed by atoms with E-state index in [2.05, 4.69) is 42.9 Å². The molecule has 130 valence electrons. The lowest BCUT2D eigenvalue weighted by atomic mass is 10.00. The molecule has 0 unspecified atom stereocenters. The fraction of sp³-hybridized carbons (Fsp3) is 0.136. The third kappa shape index (κ3) is 3.54. The number of aromatic nitrogens is 2. The first-order valence-electron chi connectivity index (χ1n) is 8.38. The molecule has 4 heteroatoms. The molecule has 0 bridgehead atoms. The highest BCUT2D eigenvalue weighted by Crippen LogP contribution is 2.22.